The molecule has 1 aromatic heterocycles. The maximum atomic E-state index is 11.5. The van der Waals surface area contributed by atoms with Crippen LogP contribution < -0.4 is 5.32 Å². The first kappa shape index (κ1) is 12.8. The fourth-order valence-corrected chi connectivity index (χ4v) is 2.10. The van der Waals surface area contributed by atoms with Crippen LogP contribution in [0.1, 0.15) is 38.6 Å². The Hall–Kier alpha value is -2.24. The molecule has 1 fully saturated rings. The Morgan fingerprint density at radius 1 is 1.35 bits per heavy atom. The van der Waals surface area contributed by atoms with E-state index in [0.29, 0.717) is 12.5 Å². The second kappa shape index (κ2) is 5.40. The summed E-state index contributed by atoms with van der Waals surface area (Å²) in [6.45, 7) is 1.99. The van der Waals surface area contributed by atoms with Gasteiger partial charge in [0.2, 0.25) is 5.91 Å². The number of aromatic nitrogens is 4. The third kappa shape index (κ3) is 2.68. The van der Waals surface area contributed by atoms with E-state index in [0.717, 1.165) is 36.3 Å². The number of tetrazole rings is 1. The highest BCUT2D eigenvalue weighted by molar-refractivity contribution is 5.90. The molecule has 2 aromatic rings. The van der Waals surface area contributed by atoms with Gasteiger partial charge in [-0.3, -0.25) is 4.79 Å². The van der Waals surface area contributed by atoms with Crippen molar-refractivity contribution >= 4 is 11.6 Å². The van der Waals surface area contributed by atoms with Gasteiger partial charge >= 0.3 is 0 Å². The Morgan fingerprint density at radius 3 is 2.75 bits per heavy atom. The lowest BCUT2D eigenvalue weighted by molar-refractivity contribution is -0.116. The third-order valence-corrected chi connectivity index (χ3v) is 3.29. The third-order valence-electron chi connectivity index (χ3n) is 3.29. The molecular weight excluding hydrogens is 254 g/mol. The average Bonchev–Trinajstić information content (AvgIpc) is 3.18. The standard InChI is InChI=1S/C14H17N5O/c1-2-3-13(20)15-11-6-4-10(5-7-11)14-16-17-18-19(14)12-8-9-12/h4-7,12H,2-3,8-9H2,1H3,(H,15,20). The molecule has 1 saturated carbocycles. The minimum atomic E-state index is 0.0445. The van der Waals surface area contributed by atoms with Crippen LogP contribution in [0, 0.1) is 0 Å². The second-order valence-corrected chi connectivity index (χ2v) is 5.05. The maximum absolute atomic E-state index is 11.5. The average molecular weight is 271 g/mol. The molecule has 0 atom stereocenters. The molecule has 6 heteroatoms. The van der Waals surface area contributed by atoms with Gasteiger partial charge < -0.3 is 5.32 Å². The van der Waals surface area contributed by atoms with Crippen LogP contribution in [0.2, 0.25) is 0 Å². The van der Waals surface area contributed by atoms with Gasteiger partial charge in [-0.15, -0.1) is 5.10 Å². The molecule has 1 amide bonds. The van der Waals surface area contributed by atoms with Crippen LogP contribution in [-0.4, -0.2) is 26.1 Å². The number of nitrogens with zero attached hydrogens (tertiary/aromatic N) is 4. The number of carbonyl (C=O) groups excluding carboxylic acids is 1. The molecule has 0 unspecified atom stereocenters. The van der Waals surface area contributed by atoms with Gasteiger partial charge in [0.05, 0.1) is 6.04 Å². The molecule has 1 aromatic carbocycles. The van der Waals surface area contributed by atoms with Crippen molar-refractivity contribution in [3.63, 3.8) is 0 Å². The molecule has 1 N–H and O–H groups in total. The van der Waals surface area contributed by atoms with Crippen molar-refractivity contribution in [1.82, 2.24) is 20.2 Å². The number of amides is 1. The zero-order chi connectivity index (χ0) is 13.9. The minimum Gasteiger partial charge on any atom is -0.326 e. The van der Waals surface area contributed by atoms with Crippen molar-refractivity contribution in [2.24, 2.45) is 0 Å². The van der Waals surface area contributed by atoms with Gasteiger partial charge in [-0.1, -0.05) is 6.92 Å². The zero-order valence-electron chi connectivity index (χ0n) is 11.4. The van der Waals surface area contributed by atoms with Crippen LogP contribution in [0.3, 0.4) is 0 Å². The van der Waals surface area contributed by atoms with E-state index in [-0.39, 0.29) is 5.91 Å². The van der Waals surface area contributed by atoms with E-state index in [9.17, 15) is 4.79 Å². The minimum absolute atomic E-state index is 0.0445. The Morgan fingerprint density at radius 2 is 2.10 bits per heavy atom. The molecule has 1 aliphatic carbocycles. The van der Waals surface area contributed by atoms with Gasteiger partial charge in [0, 0.05) is 17.7 Å². The van der Waals surface area contributed by atoms with E-state index in [2.05, 4.69) is 20.8 Å². The number of hydrogen-bond acceptors (Lipinski definition) is 4. The first-order chi connectivity index (χ1) is 9.78. The summed E-state index contributed by atoms with van der Waals surface area (Å²) in [7, 11) is 0. The molecular formula is C14H17N5O. The van der Waals surface area contributed by atoms with Crippen LogP contribution in [0.15, 0.2) is 24.3 Å². The van der Waals surface area contributed by atoms with Crippen molar-refractivity contribution < 1.29 is 4.79 Å². The zero-order valence-corrected chi connectivity index (χ0v) is 11.4. The SMILES string of the molecule is CCCC(=O)Nc1ccc(-c2nnnn2C2CC2)cc1. The Bertz CT molecular complexity index is 600. The van der Waals surface area contributed by atoms with Crippen LogP contribution >= 0.6 is 0 Å². The summed E-state index contributed by atoms with van der Waals surface area (Å²) < 4.78 is 1.88. The van der Waals surface area contributed by atoms with E-state index in [1.807, 2.05) is 35.9 Å². The first-order valence-electron chi connectivity index (χ1n) is 6.96. The van der Waals surface area contributed by atoms with Crippen LogP contribution in [0.4, 0.5) is 5.69 Å². The summed E-state index contributed by atoms with van der Waals surface area (Å²) in [4.78, 5) is 11.5. The molecule has 20 heavy (non-hydrogen) atoms. The first-order valence-corrected chi connectivity index (χ1v) is 6.96. The van der Waals surface area contributed by atoms with Crippen molar-refractivity contribution in [3.05, 3.63) is 24.3 Å². The predicted molar refractivity (Wildman–Crippen MR) is 75.1 cm³/mol. The van der Waals surface area contributed by atoms with Crippen molar-refractivity contribution in [1.29, 1.82) is 0 Å². The predicted octanol–water partition coefficient (Wildman–Crippen LogP) is 2.41. The molecule has 0 saturated heterocycles. The van der Waals surface area contributed by atoms with Crippen molar-refractivity contribution in [2.75, 3.05) is 5.32 Å². The largest absolute Gasteiger partial charge is 0.326 e. The summed E-state index contributed by atoms with van der Waals surface area (Å²) in [6.07, 6.45) is 3.67. The highest BCUT2D eigenvalue weighted by atomic mass is 16.1. The molecule has 6 nitrogen and oxygen atoms in total. The summed E-state index contributed by atoms with van der Waals surface area (Å²) in [5, 5.41) is 14.7. The molecule has 0 bridgehead atoms. The molecule has 1 heterocycles. The lowest BCUT2D eigenvalue weighted by Gasteiger charge is -2.06. The molecule has 0 radical (unpaired) electrons. The summed E-state index contributed by atoms with van der Waals surface area (Å²) in [5.41, 5.74) is 1.77. The number of benzene rings is 1. The Balaban J connectivity index is 1.75. The van der Waals surface area contributed by atoms with E-state index in [4.69, 9.17) is 0 Å². The number of anilines is 1. The number of carbonyl (C=O) groups is 1. The van der Waals surface area contributed by atoms with E-state index in [1.165, 1.54) is 0 Å². The summed E-state index contributed by atoms with van der Waals surface area (Å²) in [5.74, 6) is 0.835. The fourth-order valence-electron chi connectivity index (χ4n) is 2.10. The lowest BCUT2D eigenvalue weighted by atomic mass is 10.2. The topological polar surface area (TPSA) is 72.7 Å². The highest BCUT2D eigenvalue weighted by Gasteiger charge is 2.28. The van der Waals surface area contributed by atoms with Gasteiger partial charge in [0.15, 0.2) is 5.82 Å². The quantitative estimate of drug-likeness (QED) is 0.906. The van der Waals surface area contributed by atoms with Gasteiger partial charge in [-0.25, -0.2) is 4.68 Å². The van der Waals surface area contributed by atoms with Gasteiger partial charge in [0.1, 0.15) is 0 Å². The summed E-state index contributed by atoms with van der Waals surface area (Å²) in [6, 6.07) is 8.09. The maximum Gasteiger partial charge on any atom is 0.224 e. The van der Waals surface area contributed by atoms with E-state index < -0.39 is 0 Å². The Kier molecular flexibility index (Phi) is 3.45. The second-order valence-electron chi connectivity index (χ2n) is 5.05. The van der Waals surface area contributed by atoms with Crippen LogP contribution in [0.5, 0.6) is 0 Å². The van der Waals surface area contributed by atoms with Crippen LogP contribution in [0.25, 0.3) is 11.4 Å². The van der Waals surface area contributed by atoms with E-state index in [1.54, 1.807) is 0 Å². The molecule has 0 spiro atoms. The number of nitrogens with one attached hydrogen (secondary N) is 1. The monoisotopic (exact) mass is 271 g/mol. The highest BCUT2D eigenvalue weighted by Crippen LogP contribution is 2.36. The van der Waals surface area contributed by atoms with Crippen molar-refractivity contribution in [3.8, 4) is 11.4 Å². The van der Waals surface area contributed by atoms with Gasteiger partial charge in [-0.05, 0) is 54.0 Å². The smallest absolute Gasteiger partial charge is 0.224 e. The molecule has 1 aliphatic rings. The fraction of sp³-hybridized carbons (Fsp3) is 0.429. The van der Waals surface area contributed by atoms with Gasteiger partial charge in [-0.2, -0.15) is 0 Å². The number of hydrogen-bond donors (Lipinski definition) is 1. The lowest BCUT2D eigenvalue weighted by Crippen LogP contribution is -2.10. The number of rotatable bonds is 5. The van der Waals surface area contributed by atoms with Gasteiger partial charge in [0.25, 0.3) is 0 Å². The molecule has 3 rings (SSSR count). The molecule has 104 valence electrons. The van der Waals surface area contributed by atoms with Crippen LogP contribution in [-0.2, 0) is 4.79 Å². The normalized spacial score (nSPS) is 14.2. The Labute approximate surface area is 117 Å². The van der Waals surface area contributed by atoms with E-state index >= 15 is 0 Å². The summed E-state index contributed by atoms with van der Waals surface area (Å²) >= 11 is 0. The van der Waals surface area contributed by atoms with Crippen molar-refractivity contribution in [2.45, 2.75) is 38.6 Å². The molecule has 0 aliphatic heterocycles.